The normalized spacial score (nSPS) is 11.9. The monoisotopic (exact) mass is 237 g/mol. The number of carbonyl (C=O) groups excluding carboxylic acids is 1. The lowest BCUT2D eigenvalue weighted by Gasteiger charge is -2.14. The third kappa shape index (κ3) is 4.07. The zero-order valence-corrected chi connectivity index (χ0v) is 10.5. The van der Waals surface area contributed by atoms with Crippen LogP contribution in [0.15, 0.2) is 24.3 Å². The van der Waals surface area contributed by atoms with Crippen LogP contribution in [0.2, 0.25) is 0 Å². The summed E-state index contributed by atoms with van der Waals surface area (Å²) >= 11 is 0. The smallest absolute Gasteiger partial charge is 0.323 e. The van der Waals surface area contributed by atoms with E-state index >= 15 is 0 Å². The second-order valence-electron chi connectivity index (χ2n) is 3.65. The Labute approximate surface area is 102 Å². The Balaban J connectivity index is 2.63. The Bertz CT molecular complexity index is 348. The maximum absolute atomic E-state index is 11.6. The summed E-state index contributed by atoms with van der Waals surface area (Å²) in [7, 11) is 3.38. The summed E-state index contributed by atoms with van der Waals surface area (Å²) in [5, 5.41) is 2.96. The van der Waals surface area contributed by atoms with Gasteiger partial charge in [-0.15, -0.1) is 0 Å². The van der Waals surface area contributed by atoms with Gasteiger partial charge in [-0.25, -0.2) is 0 Å². The molecule has 1 aromatic carbocycles. The number of hydrogen-bond donors (Lipinski definition) is 1. The highest BCUT2D eigenvalue weighted by Gasteiger charge is 2.17. The third-order valence-electron chi connectivity index (χ3n) is 2.52. The van der Waals surface area contributed by atoms with E-state index in [4.69, 9.17) is 9.47 Å². The van der Waals surface area contributed by atoms with Crippen LogP contribution < -0.4 is 10.1 Å². The first kappa shape index (κ1) is 13.5. The maximum Gasteiger partial charge on any atom is 0.323 e. The second kappa shape index (κ2) is 6.91. The fourth-order valence-corrected chi connectivity index (χ4v) is 1.54. The van der Waals surface area contributed by atoms with Crippen LogP contribution in [0.4, 0.5) is 0 Å². The van der Waals surface area contributed by atoms with E-state index in [1.807, 2.05) is 24.3 Å². The van der Waals surface area contributed by atoms with Crippen LogP contribution >= 0.6 is 0 Å². The number of rotatable bonds is 6. The minimum Gasteiger partial charge on any atom is -0.497 e. The SMILES string of the molecule is CCOC(=O)[C@H](Cc1ccc(OC)cc1)NC. The molecule has 17 heavy (non-hydrogen) atoms. The van der Waals surface area contributed by atoms with Crippen molar-refractivity contribution in [2.24, 2.45) is 0 Å². The van der Waals surface area contributed by atoms with Crippen LogP contribution in [0.5, 0.6) is 5.75 Å². The lowest BCUT2D eigenvalue weighted by atomic mass is 10.1. The van der Waals surface area contributed by atoms with Gasteiger partial charge >= 0.3 is 5.97 Å². The van der Waals surface area contributed by atoms with E-state index in [-0.39, 0.29) is 12.0 Å². The molecule has 0 aliphatic carbocycles. The largest absolute Gasteiger partial charge is 0.497 e. The molecule has 0 aliphatic heterocycles. The number of benzene rings is 1. The summed E-state index contributed by atoms with van der Waals surface area (Å²) in [6.07, 6.45) is 0.610. The highest BCUT2D eigenvalue weighted by Crippen LogP contribution is 2.13. The van der Waals surface area contributed by atoms with E-state index in [0.29, 0.717) is 13.0 Å². The van der Waals surface area contributed by atoms with Gasteiger partial charge in [0.1, 0.15) is 11.8 Å². The Kier molecular flexibility index (Phi) is 5.49. The molecule has 0 spiro atoms. The second-order valence-corrected chi connectivity index (χ2v) is 3.65. The predicted molar refractivity (Wildman–Crippen MR) is 66.2 cm³/mol. The first-order valence-corrected chi connectivity index (χ1v) is 5.68. The molecule has 4 heteroatoms. The topological polar surface area (TPSA) is 47.6 Å². The van der Waals surface area contributed by atoms with Crippen molar-refractivity contribution in [1.29, 1.82) is 0 Å². The molecular weight excluding hydrogens is 218 g/mol. The van der Waals surface area contributed by atoms with E-state index in [1.165, 1.54) is 0 Å². The molecular formula is C13H19NO3. The summed E-state index contributed by atoms with van der Waals surface area (Å²) in [5.74, 6) is 0.594. The fourth-order valence-electron chi connectivity index (χ4n) is 1.54. The number of methoxy groups -OCH3 is 1. The van der Waals surface area contributed by atoms with Gasteiger partial charge in [0, 0.05) is 0 Å². The van der Waals surface area contributed by atoms with Crippen LogP contribution in [0.3, 0.4) is 0 Å². The van der Waals surface area contributed by atoms with Crippen molar-refractivity contribution in [1.82, 2.24) is 5.32 Å². The number of esters is 1. The molecule has 0 bridgehead atoms. The Morgan fingerprint density at radius 2 is 2.00 bits per heavy atom. The first-order valence-electron chi connectivity index (χ1n) is 5.68. The fraction of sp³-hybridized carbons (Fsp3) is 0.462. The maximum atomic E-state index is 11.6. The predicted octanol–water partition coefficient (Wildman–Crippen LogP) is 1.39. The van der Waals surface area contributed by atoms with Crippen molar-refractivity contribution in [3.8, 4) is 5.75 Å². The average Bonchev–Trinajstić information content (AvgIpc) is 2.37. The molecule has 4 nitrogen and oxygen atoms in total. The molecule has 1 rings (SSSR count). The molecule has 0 aromatic heterocycles. The van der Waals surface area contributed by atoms with Gasteiger partial charge in [-0.1, -0.05) is 12.1 Å². The van der Waals surface area contributed by atoms with Gasteiger partial charge in [0.05, 0.1) is 13.7 Å². The minimum absolute atomic E-state index is 0.217. The number of ether oxygens (including phenoxy) is 2. The molecule has 0 fully saturated rings. The lowest BCUT2D eigenvalue weighted by molar-refractivity contribution is -0.145. The Morgan fingerprint density at radius 1 is 1.35 bits per heavy atom. The highest BCUT2D eigenvalue weighted by atomic mass is 16.5. The van der Waals surface area contributed by atoms with Gasteiger partial charge in [0.15, 0.2) is 0 Å². The summed E-state index contributed by atoms with van der Waals surface area (Å²) in [5.41, 5.74) is 1.07. The Morgan fingerprint density at radius 3 is 2.47 bits per heavy atom. The molecule has 0 radical (unpaired) electrons. The van der Waals surface area contributed by atoms with Crippen molar-refractivity contribution < 1.29 is 14.3 Å². The molecule has 0 saturated carbocycles. The van der Waals surface area contributed by atoms with Crippen molar-refractivity contribution >= 4 is 5.97 Å². The minimum atomic E-state index is -0.302. The van der Waals surface area contributed by atoms with Crippen LogP contribution in [0.25, 0.3) is 0 Å². The molecule has 0 heterocycles. The summed E-state index contributed by atoms with van der Waals surface area (Å²) < 4.78 is 10.1. The van der Waals surface area contributed by atoms with Gasteiger partial charge < -0.3 is 14.8 Å². The first-order chi connectivity index (χ1) is 8.21. The highest BCUT2D eigenvalue weighted by molar-refractivity contribution is 5.76. The zero-order valence-electron chi connectivity index (χ0n) is 10.5. The summed E-state index contributed by atoms with van der Waals surface area (Å²) in [4.78, 5) is 11.6. The lowest BCUT2D eigenvalue weighted by Crippen LogP contribution is -2.37. The van der Waals surface area contributed by atoms with Gasteiger partial charge in [-0.3, -0.25) is 4.79 Å². The van der Waals surface area contributed by atoms with E-state index < -0.39 is 0 Å². The quantitative estimate of drug-likeness (QED) is 0.759. The molecule has 0 saturated heterocycles. The van der Waals surface area contributed by atoms with Crippen LogP contribution in [-0.4, -0.2) is 32.8 Å². The summed E-state index contributed by atoms with van der Waals surface area (Å²) in [6, 6.07) is 7.36. The number of likely N-dealkylation sites (N-methyl/N-ethyl adjacent to an activating group) is 1. The molecule has 1 atom stereocenters. The van der Waals surface area contributed by atoms with Crippen molar-refractivity contribution in [2.75, 3.05) is 20.8 Å². The number of hydrogen-bond acceptors (Lipinski definition) is 4. The number of carbonyl (C=O) groups is 1. The van der Waals surface area contributed by atoms with Gasteiger partial charge in [0.25, 0.3) is 0 Å². The van der Waals surface area contributed by atoms with Crippen LogP contribution in [-0.2, 0) is 16.0 Å². The van der Waals surface area contributed by atoms with Crippen LogP contribution in [0.1, 0.15) is 12.5 Å². The van der Waals surface area contributed by atoms with Gasteiger partial charge in [0.2, 0.25) is 0 Å². The third-order valence-corrected chi connectivity index (χ3v) is 2.52. The van der Waals surface area contributed by atoms with E-state index in [9.17, 15) is 4.79 Å². The molecule has 94 valence electrons. The summed E-state index contributed by atoms with van der Waals surface area (Å²) in [6.45, 7) is 2.21. The van der Waals surface area contributed by atoms with Crippen LogP contribution in [0, 0.1) is 0 Å². The number of nitrogens with one attached hydrogen (secondary N) is 1. The molecule has 0 unspecified atom stereocenters. The molecule has 0 aliphatic rings. The standard InChI is InChI=1S/C13H19NO3/c1-4-17-13(15)12(14-2)9-10-5-7-11(16-3)8-6-10/h5-8,12,14H,4,9H2,1-3H3/t12-/m0/s1. The van der Waals surface area contributed by atoms with E-state index in [1.54, 1.807) is 21.1 Å². The molecule has 1 N–H and O–H groups in total. The van der Waals surface area contributed by atoms with Gasteiger partial charge in [-0.05, 0) is 38.1 Å². The van der Waals surface area contributed by atoms with Crippen molar-refractivity contribution in [3.05, 3.63) is 29.8 Å². The van der Waals surface area contributed by atoms with Crippen molar-refractivity contribution in [3.63, 3.8) is 0 Å². The van der Waals surface area contributed by atoms with E-state index in [2.05, 4.69) is 5.32 Å². The average molecular weight is 237 g/mol. The van der Waals surface area contributed by atoms with Crippen molar-refractivity contribution in [2.45, 2.75) is 19.4 Å². The molecule has 0 amide bonds. The molecule has 1 aromatic rings. The van der Waals surface area contributed by atoms with E-state index in [0.717, 1.165) is 11.3 Å². The van der Waals surface area contributed by atoms with Gasteiger partial charge in [-0.2, -0.15) is 0 Å². The zero-order chi connectivity index (χ0) is 12.7. The Hall–Kier alpha value is -1.55.